The summed E-state index contributed by atoms with van der Waals surface area (Å²) in [6, 6.07) is 6.47. The van der Waals surface area contributed by atoms with Gasteiger partial charge < -0.3 is 4.90 Å². The molecule has 0 spiro atoms. The number of benzene rings is 1. The molecule has 0 amide bonds. The summed E-state index contributed by atoms with van der Waals surface area (Å²) in [6.07, 6.45) is 0.555. The van der Waals surface area contributed by atoms with E-state index in [-0.39, 0.29) is 5.78 Å². The summed E-state index contributed by atoms with van der Waals surface area (Å²) in [5.74, 6) is 0.843. The Hall–Kier alpha value is -1.31. The van der Waals surface area contributed by atoms with Crippen LogP contribution in [0.3, 0.4) is 0 Å². The average molecular weight is 217 g/mol. The Labute approximate surface area is 97.3 Å². The van der Waals surface area contributed by atoms with Crippen LogP contribution >= 0.6 is 0 Å². The van der Waals surface area contributed by atoms with Crippen LogP contribution in [-0.4, -0.2) is 18.9 Å². The highest BCUT2D eigenvalue weighted by Gasteiger charge is 2.24. The normalized spacial score (nSPS) is 18.7. The van der Waals surface area contributed by atoms with E-state index in [4.69, 9.17) is 0 Å². The fourth-order valence-electron chi connectivity index (χ4n) is 2.50. The Bertz CT molecular complexity index is 411. The highest BCUT2D eigenvalue weighted by molar-refractivity contribution is 5.79. The first-order chi connectivity index (χ1) is 7.61. The van der Waals surface area contributed by atoms with Crippen molar-refractivity contribution >= 4 is 11.5 Å². The summed E-state index contributed by atoms with van der Waals surface area (Å²) in [7, 11) is 0. The number of ketones is 1. The summed E-state index contributed by atoms with van der Waals surface area (Å²) in [5, 5.41) is 0. The molecule has 1 atom stereocenters. The Morgan fingerprint density at radius 1 is 1.50 bits per heavy atom. The third kappa shape index (κ3) is 1.97. The van der Waals surface area contributed by atoms with E-state index >= 15 is 0 Å². The molecule has 1 aliphatic rings. The van der Waals surface area contributed by atoms with Crippen molar-refractivity contribution in [3.8, 4) is 0 Å². The van der Waals surface area contributed by atoms with Crippen molar-refractivity contribution in [3.05, 3.63) is 29.3 Å². The van der Waals surface area contributed by atoms with Crippen molar-refractivity contribution in [3.63, 3.8) is 0 Å². The lowest BCUT2D eigenvalue weighted by Gasteiger charge is -2.17. The van der Waals surface area contributed by atoms with Crippen molar-refractivity contribution in [2.45, 2.75) is 33.1 Å². The molecule has 0 radical (unpaired) electrons. The smallest absolute Gasteiger partial charge is 0.134 e. The van der Waals surface area contributed by atoms with Gasteiger partial charge in [0.05, 0.1) is 0 Å². The van der Waals surface area contributed by atoms with Crippen LogP contribution < -0.4 is 4.90 Å². The van der Waals surface area contributed by atoms with Crippen LogP contribution in [-0.2, 0) is 11.2 Å². The van der Waals surface area contributed by atoms with Crippen LogP contribution in [0.5, 0.6) is 0 Å². The minimum absolute atomic E-state index is 0.231. The Morgan fingerprint density at radius 2 is 2.25 bits per heavy atom. The second kappa shape index (κ2) is 4.28. The molecule has 2 rings (SSSR count). The molecule has 1 heterocycles. The second-order valence-corrected chi connectivity index (χ2v) is 4.71. The van der Waals surface area contributed by atoms with E-state index in [1.165, 1.54) is 11.3 Å². The van der Waals surface area contributed by atoms with Gasteiger partial charge in [-0.25, -0.2) is 0 Å². The van der Waals surface area contributed by atoms with Gasteiger partial charge in [-0.05, 0) is 31.0 Å². The molecule has 0 aliphatic carbocycles. The zero-order valence-electron chi connectivity index (χ0n) is 10.3. The molecule has 0 saturated carbocycles. The quantitative estimate of drug-likeness (QED) is 0.776. The fraction of sp³-hybridized carbons (Fsp3) is 0.500. The number of nitrogens with zero attached hydrogens (tertiary/aromatic N) is 1. The van der Waals surface area contributed by atoms with E-state index in [1.807, 2.05) is 0 Å². The monoisotopic (exact) mass is 217 g/mol. The van der Waals surface area contributed by atoms with Gasteiger partial charge in [0.2, 0.25) is 0 Å². The van der Waals surface area contributed by atoms with Gasteiger partial charge in [0, 0.05) is 31.1 Å². The number of carbonyl (C=O) groups is 1. The third-order valence-corrected chi connectivity index (χ3v) is 3.30. The maximum atomic E-state index is 11.1. The Balaban J connectivity index is 2.33. The number of carbonyl (C=O) groups excluding carboxylic acids is 1. The molecule has 1 unspecified atom stereocenters. The van der Waals surface area contributed by atoms with Gasteiger partial charge in [0.1, 0.15) is 5.78 Å². The first kappa shape index (κ1) is 11.2. The van der Waals surface area contributed by atoms with Gasteiger partial charge in [-0.3, -0.25) is 4.79 Å². The highest BCUT2D eigenvalue weighted by Crippen LogP contribution is 2.36. The lowest BCUT2D eigenvalue weighted by molar-refractivity contribution is -0.116. The summed E-state index contributed by atoms with van der Waals surface area (Å²) in [6.45, 7) is 8.24. The predicted octanol–water partition coefficient (Wildman–Crippen LogP) is 2.76. The molecule has 86 valence electrons. The standard InChI is InChI=1S/C14H19NO/c1-4-15-9-10(2)13-6-5-12(7-11(3)16)8-14(13)15/h5-6,8,10H,4,7,9H2,1-3H3. The van der Waals surface area contributed by atoms with Gasteiger partial charge in [-0.1, -0.05) is 19.1 Å². The molecule has 0 N–H and O–H groups in total. The maximum Gasteiger partial charge on any atom is 0.134 e. The van der Waals surface area contributed by atoms with E-state index in [0.717, 1.165) is 18.7 Å². The zero-order chi connectivity index (χ0) is 11.7. The second-order valence-electron chi connectivity index (χ2n) is 4.71. The Morgan fingerprint density at radius 3 is 2.88 bits per heavy atom. The number of hydrogen-bond donors (Lipinski definition) is 0. The molecular weight excluding hydrogens is 198 g/mol. The highest BCUT2D eigenvalue weighted by atomic mass is 16.1. The SMILES string of the molecule is CCN1CC(C)c2ccc(CC(C)=O)cc21. The minimum Gasteiger partial charge on any atom is -0.371 e. The summed E-state index contributed by atoms with van der Waals surface area (Å²) >= 11 is 0. The Kier molecular flexibility index (Phi) is 2.99. The largest absolute Gasteiger partial charge is 0.371 e. The van der Waals surface area contributed by atoms with Crippen molar-refractivity contribution in [1.82, 2.24) is 0 Å². The minimum atomic E-state index is 0.231. The van der Waals surface area contributed by atoms with Crippen LogP contribution in [0, 0.1) is 0 Å². The molecule has 1 aromatic rings. The molecule has 1 aliphatic heterocycles. The molecule has 2 nitrogen and oxygen atoms in total. The lowest BCUT2D eigenvalue weighted by Crippen LogP contribution is -2.20. The molecule has 1 aromatic carbocycles. The fourth-order valence-corrected chi connectivity index (χ4v) is 2.50. The van der Waals surface area contributed by atoms with Crippen molar-refractivity contribution in [1.29, 1.82) is 0 Å². The van der Waals surface area contributed by atoms with E-state index in [1.54, 1.807) is 6.92 Å². The average Bonchev–Trinajstić information content (AvgIpc) is 2.54. The van der Waals surface area contributed by atoms with Crippen LogP contribution in [0.25, 0.3) is 0 Å². The topological polar surface area (TPSA) is 20.3 Å². The van der Waals surface area contributed by atoms with E-state index in [2.05, 4.69) is 36.9 Å². The first-order valence-electron chi connectivity index (χ1n) is 5.99. The molecule has 0 aromatic heterocycles. The van der Waals surface area contributed by atoms with Gasteiger partial charge >= 0.3 is 0 Å². The van der Waals surface area contributed by atoms with Crippen LogP contribution in [0.15, 0.2) is 18.2 Å². The number of anilines is 1. The summed E-state index contributed by atoms with van der Waals surface area (Å²) < 4.78 is 0. The number of hydrogen-bond acceptors (Lipinski definition) is 2. The van der Waals surface area contributed by atoms with Crippen LogP contribution in [0.2, 0.25) is 0 Å². The lowest BCUT2D eigenvalue weighted by atomic mass is 10.0. The number of likely N-dealkylation sites (N-methyl/N-ethyl adjacent to an activating group) is 1. The van der Waals surface area contributed by atoms with Gasteiger partial charge in [0.25, 0.3) is 0 Å². The molecule has 0 fully saturated rings. The van der Waals surface area contributed by atoms with Crippen LogP contribution in [0.4, 0.5) is 5.69 Å². The number of rotatable bonds is 3. The number of fused-ring (bicyclic) bond motifs is 1. The molecule has 16 heavy (non-hydrogen) atoms. The molecule has 0 saturated heterocycles. The maximum absolute atomic E-state index is 11.1. The summed E-state index contributed by atoms with van der Waals surface area (Å²) in [5.41, 5.74) is 3.89. The van der Waals surface area contributed by atoms with Crippen molar-refractivity contribution < 1.29 is 4.79 Å². The van der Waals surface area contributed by atoms with Gasteiger partial charge in [-0.15, -0.1) is 0 Å². The molecule has 2 heteroatoms. The molecular formula is C14H19NO. The van der Waals surface area contributed by atoms with Crippen molar-refractivity contribution in [2.75, 3.05) is 18.0 Å². The first-order valence-corrected chi connectivity index (χ1v) is 5.99. The number of Topliss-reactive ketones (excluding diaryl/α,β-unsaturated/α-hetero) is 1. The van der Waals surface area contributed by atoms with Crippen molar-refractivity contribution in [2.24, 2.45) is 0 Å². The zero-order valence-corrected chi connectivity index (χ0v) is 10.3. The van der Waals surface area contributed by atoms with E-state index in [0.29, 0.717) is 12.3 Å². The van der Waals surface area contributed by atoms with Crippen LogP contribution in [0.1, 0.15) is 37.8 Å². The summed E-state index contributed by atoms with van der Waals surface area (Å²) in [4.78, 5) is 13.5. The molecule has 0 bridgehead atoms. The van der Waals surface area contributed by atoms with Gasteiger partial charge in [0.15, 0.2) is 0 Å². The third-order valence-electron chi connectivity index (χ3n) is 3.30. The predicted molar refractivity (Wildman–Crippen MR) is 67.1 cm³/mol. The van der Waals surface area contributed by atoms with E-state index < -0.39 is 0 Å². The van der Waals surface area contributed by atoms with E-state index in [9.17, 15) is 4.79 Å². The van der Waals surface area contributed by atoms with Gasteiger partial charge in [-0.2, -0.15) is 0 Å².